The van der Waals surface area contributed by atoms with Gasteiger partial charge in [-0.05, 0) is 11.6 Å². The summed E-state index contributed by atoms with van der Waals surface area (Å²) in [5.74, 6) is 0.463. The first kappa shape index (κ1) is 16.9. The largest absolute Gasteiger partial charge is 0.354 e. The van der Waals surface area contributed by atoms with Gasteiger partial charge in [0.2, 0.25) is 11.2 Å². The van der Waals surface area contributed by atoms with Gasteiger partial charge in [-0.15, -0.1) is 11.8 Å². The van der Waals surface area contributed by atoms with E-state index >= 15 is 0 Å². The predicted octanol–water partition coefficient (Wildman–Crippen LogP) is 1.22. The first-order valence-corrected chi connectivity index (χ1v) is 7.82. The van der Waals surface area contributed by atoms with E-state index in [1.165, 1.54) is 32.3 Å². The maximum Gasteiger partial charge on any atom is 0.225 e. The first-order chi connectivity index (χ1) is 10.6. The second kappa shape index (κ2) is 8.28. The number of aromatic nitrogens is 4. The smallest absolute Gasteiger partial charge is 0.225 e. The van der Waals surface area contributed by atoms with E-state index in [1.54, 1.807) is 0 Å². The van der Waals surface area contributed by atoms with E-state index in [2.05, 4.69) is 25.3 Å². The van der Waals surface area contributed by atoms with Crippen LogP contribution < -0.4 is 5.32 Å². The minimum Gasteiger partial charge on any atom is -0.354 e. The molecule has 0 bridgehead atoms. The maximum absolute atomic E-state index is 11.7. The van der Waals surface area contributed by atoms with E-state index in [0.717, 1.165) is 0 Å². The molecule has 10 heteroatoms. The SMILES string of the molecule is COC(CNC(=O)CCSc1nc(Cl)nc2nc[nH]c12)OC. The lowest BCUT2D eigenvalue weighted by molar-refractivity contribution is -0.127. The molecule has 2 aromatic heterocycles. The van der Waals surface area contributed by atoms with Crippen molar-refractivity contribution >= 4 is 40.4 Å². The summed E-state index contributed by atoms with van der Waals surface area (Å²) in [6.07, 6.45) is 1.42. The Balaban J connectivity index is 1.82. The molecule has 0 aliphatic rings. The number of nitrogens with zero attached hydrogens (tertiary/aromatic N) is 3. The molecule has 0 saturated heterocycles. The van der Waals surface area contributed by atoms with Crippen LogP contribution in [0.25, 0.3) is 11.2 Å². The zero-order chi connectivity index (χ0) is 15.9. The molecule has 2 rings (SSSR count). The van der Waals surface area contributed by atoms with Crippen molar-refractivity contribution < 1.29 is 14.3 Å². The molecule has 2 N–H and O–H groups in total. The Bertz CT molecular complexity index is 634. The standard InChI is InChI=1S/C12H16ClN5O3S/c1-20-8(21-2)5-14-7(19)3-4-22-11-9-10(16-6-15-9)17-12(13)18-11/h6,8H,3-5H2,1-2H3,(H,14,19)(H,15,16,17,18). The summed E-state index contributed by atoms with van der Waals surface area (Å²) in [7, 11) is 3.04. The molecule has 1 amide bonds. The summed E-state index contributed by atoms with van der Waals surface area (Å²) in [6.45, 7) is 0.306. The van der Waals surface area contributed by atoms with Crippen LogP contribution in [0.5, 0.6) is 0 Å². The molecule has 0 unspecified atom stereocenters. The van der Waals surface area contributed by atoms with Crippen LogP contribution in [0.15, 0.2) is 11.4 Å². The number of amides is 1. The number of ether oxygens (including phenoxy) is 2. The molecule has 0 atom stereocenters. The van der Waals surface area contributed by atoms with Gasteiger partial charge in [0.25, 0.3) is 0 Å². The summed E-state index contributed by atoms with van der Waals surface area (Å²) in [6, 6.07) is 0. The Morgan fingerprint density at radius 3 is 2.95 bits per heavy atom. The Morgan fingerprint density at radius 2 is 2.23 bits per heavy atom. The van der Waals surface area contributed by atoms with Crippen molar-refractivity contribution in [2.45, 2.75) is 17.7 Å². The van der Waals surface area contributed by atoms with Gasteiger partial charge in [-0.3, -0.25) is 4.79 Å². The quantitative estimate of drug-likeness (QED) is 0.321. The molecule has 8 nitrogen and oxygen atoms in total. The highest BCUT2D eigenvalue weighted by Gasteiger charge is 2.11. The fourth-order valence-corrected chi connectivity index (χ4v) is 2.82. The molecule has 120 valence electrons. The number of fused-ring (bicyclic) bond motifs is 1. The average molecular weight is 346 g/mol. The Hall–Kier alpha value is -1.42. The van der Waals surface area contributed by atoms with Gasteiger partial charge >= 0.3 is 0 Å². The minimum atomic E-state index is -0.443. The summed E-state index contributed by atoms with van der Waals surface area (Å²) in [5.41, 5.74) is 1.23. The Kier molecular flexibility index (Phi) is 6.37. The number of methoxy groups -OCH3 is 2. The van der Waals surface area contributed by atoms with Gasteiger partial charge in [-0.25, -0.2) is 9.97 Å². The van der Waals surface area contributed by atoms with Gasteiger partial charge in [0.1, 0.15) is 10.5 Å². The number of rotatable bonds is 8. The lowest BCUT2D eigenvalue weighted by Gasteiger charge is -2.13. The van der Waals surface area contributed by atoms with Crippen LogP contribution in [-0.2, 0) is 14.3 Å². The number of halogens is 1. The van der Waals surface area contributed by atoms with Crippen LogP contribution in [0.1, 0.15) is 6.42 Å². The number of H-pyrrole nitrogens is 1. The van der Waals surface area contributed by atoms with Gasteiger partial charge in [-0.2, -0.15) is 4.98 Å². The van der Waals surface area contributed by atoms with E-state index in [4.69, 9.17) is 21.1 Å². The number of hydrogen-bond acceptors (Lipinski definition) is 7. The average Bonchev–Trinajstić information content (AvgIpc) is 2.96. The molecule has 0 aliphatic carbocycles. The predicted molar refractivity (Wildman–Crippen MR) is 82.9 cm³/mol. The van der Waals surface area contributed by atoms with Crippen molar-refractivity contribution in [1.82, 2.24) is 25.3 Å². The summed E-state index contributed by atoms with van der Waals surface area (Å²) >= 11 is 7.25. The molecule has 0 spiro atoms. The zero-order valence-electron chi connectivity index (χ0n) is 12.1. The lowest BCUT2D eigenvalue weighted by Crippen LogP contribution is -2.34. The minimum absolute atomic E-state index is 0.0902. The highest BCUT2D eigenvalue weighted by Crippen LogP contribution is 2.24. The molecule has 0 aromatic carbocycles. The molecule has 0 fully saturated rings. The molecule has 2 heterocycles. The number of imidazole rings is 1. The molecule has 0 radical (unpaired) electrons. The topological polar surface area (TPSA) is 102 Å². The van der Waals surface area contributed by atoms with E-state index in [1.807, 2.05) is 0 Å². The molecule has 2 aromatic rings. The fourth-order valence-electron chi connectivity index (χ4n) is 1.67. The van der Waals surface area contributed by atoms with Crippen molar-refractivity contribution in [3.63, 3.8) is 0 Å². The van der Waals surface area contributed by atoms with Crippen LogP contribution in [0.2, 0.25) is 5.28 Å². The van der Waals surface area contributed by atoms with Crippen molar-refractivity contribution in [3.05, 3.63) is 11.6 Å². The summed E-state index contributed by atoms with van der Waals surface area (Å²) in [4.78, 5) is 26.9. The van der Waals surface area contributed by atoms with Crippen LogP contribution >= 0.6 is 23.4 Å². The van der Waals surface area contributed by atoms with Crippen molar-refractivity contribution in [1.29, 1.82) is 0 Å². The Morgan fingerprint density at radius 1 is 1.45 bits per heavy atom. The number of carbonyl (C=O) groups is 1. The first-order valence-electron chi connectivity index (χ1n) is 6.45. The van der Waals surface area contributed by atoms with Crippen LogP contribution in [0.4, 0.5) is 0 Å². The van der Waals surface area contributed by atoms with Crippen molar-refractivity contribution in [2.75, 3.05) is 26.5 Å². The Labute approximate surface area is 136 Å². The van der Waals surface area contributed by atoms with Crippen molar-refractivity contribution in [2.24, 2.45) is 0 Å². The van der Waals surface area contributed by atoms with Gasteiger partial charge in [0, 0.05) is 26.4 Å². The van der Waals surface area contributed by atoms with Gasteiger partial charge in [0.15, 0.2) is 11.9 Å². The number of hydrogen-bond donors (Lipinski definition) is 2. The van der Waals surface area contributed by atoms with E-state index in [-0.39, 0.29) is 11.2 Å². The second-order valence-corrected chi connectivity index (χ2v) is 5.62. The third-order valence-corrected chi connectivity index (χ3v) is 3.93. The van der Waals surface area contributed by atoms with Crippen LogP contribution in [-0.4, -0.2) is 58.7 Å². The summed E-state index contributed by atoms with van der Waals surface area (Å²) in [5, 5.41) is 3.54. The fraction of sp³-hybridized carbons (Fsp3) is 0.500. The van der Waals surface area contributed by atoms with Crippen molar-refractivity contribution in [3.8, 4) is 0 Å². The number of carbonyl (C=O) groups excluding carboxylic acids is 1. The second-order valence-electron chi connectivity index (χ2n) is 4.20. The monoisotopic (exact) mass is 345 g/mol. The number of thioether (sulfide) groups is 1. The highest BCUT2D eigenvalue weighted by molar-refractivity contribution is 7.99. The van der Waals surface area contributed by atoms with E-state index < -0.39 is 6.29 Å². The molecular weight excluding hydrogens is 330 g/mol. The molecule has 22 heavy (non-hydrogen) atoms. The molecule has 0 saturated carbocycles. The zero-order valence-corrected chi connectivity index (χ0v) is 13.7. The molecule has 0 aliphatic heterocycles. The van der Waals surface area contributed by atoms with Gasteiger partial charge in [-0.1, -0.05) is 0 Å². The van der Waals surface area contributed by atoms with E-state index in [9.17, 15) is 4.79 Å². The highest BCUT2D eigenvalue weighted by atomic mass is 35.5. The van der Waals surface area contributed by atoms with Gasteiger partial charge in [0.05, 0.1) is 12.9 Å². The molecular formula is C12H16ClN5O3S. The van der Waals surface area contributed by atoms with Gasteiger partial charge < -0.3 is 19.8 Å². The normalized spacial score (nSPS) is 11.3. The number of aromatic amines is 1. The van der Waals surface area contributed by atoms with E-state index in [0.29, 0.717) is 34.9 Å². The number of nitrogens with one attached hydrogen (secondary N) is 2. The van der Waals surface area contributed by atoms with Crippen LogP contribution in [0, 0.1) is 0 Å². The third-order valence-electron chi connectivity index (χ3n) is 2.78. The van der Waals surface area contributed by atoms with Crippen LogP contribution in [0.3, 0.4) is 0 Å². The lowest BCUT2D eigenvalue weighted by atomic mass is 10.4. The summed E-state index contributed by atoms with van der Waals surface area (Å²) < 4.78 is 9.98. The third kappa shape index (κ3) is 4.54. The maximum atomic E-state index is 11.7.